The summed E-state index contributed by atoms with van der Waals surface area (Å²) in [6, 6.07) is 10.7. The van der Waals surface area contributed by atoms with Crippen molar-refractivity contribution < 1.29 is 4.74 Å². The van der Waals surface area contributed by atoms with Crippen LogP contribution in [0, 0.1) is 11.3 Å². The van der Waals surface area contributed by atoms with Gasteiger partial charge in [-0.15, -0.1) is 0 Å². The highest BCUT2D eigenvalue weighted by atomic mass is 16.5. The van der Waals surface area contributed by atoms with Crippen molar-refractivity contribution >= 4 is 0 Å². The summed E-state index contributed by atoms with van der Waals surface area (Å²) in [6.45, 7) is 6.61. The van der Waals surface area contributed by atoms with E-state index in [1.807, 2.05) is 19.2 Å². The lowest BCUT2D eigenvalue weighted by atomic mass is 9.87. The molecule has 0 aromatic heterocycles. The largest absolute Gasteiger partial charge is 0.490 e. The lowest BCUT2D eigenvalue weighted by molar-refractivity contribution is 0.202. The van der Waals surface area contributed by atoms with E-state index in [0.717, 1.165) is 25.0 Å². The molecule has 20 heavy (non-hydrogen) atoms. The van der Waals surface area contributed by atoms with Crippen molar-refractivity contribution in [3.05, 3.63) is 29.8 Å². The van der Waals surface area contributed by atoms with Crippen LogP contribution in [0.2, 0.25) is 0 Å². The van der Waals surface area contributed by atoms with Gasteiger partial charge in [0.15, 0.2) is 0 Å². The summed E-state index contributed by atoms with van der Waals surface area (Å²) in [7, 11) is 1.85. The summed E-state index contributed by atoms with van der Waals surface area (Å²) in [5.41, 5.74) is 1.06. The third kappa shape index (κ3) is 3.13. The Balaban J connectivity index is 2.00. The topological polar surface area (TPSA) is 45.0 Å². The predicted molar refractivity (Wildman–Crippen MR) is 80.8 cm³/mol. The monoisotopic (exact) mass is 272 g/mol. The summed E-state index contributed by atoms with van der Waals surface area (Å²) in [4.78, 5) is 0. The van der Waals surface area contributed by atoms with E-state index in [1.54, 1.807) is 0 Å². The fraction of sp³-hybridized carbons (Fsp3) is 0.588. The highest BCUT2D eigenvalue weighted by Gasteiger charge is 2.39. The average molecular weight is 272 g/mol. The molecule has 1 aromatic carbocycles. The summed E-state index contributed by atoms with van der Waals surface area (Å²) in [5.74, 6) is 0.896. The minimum atomic E-state index is -0.407. The first kappa shape index (κ1) is 14.9. The Hall–Kier alpha value is -1.53. The van der Waals surface area contributed by atoms with Gasteiger partial charge in [0, 0.05) is 6.42 Å². The molecule has 0 saturated heterocycles. The Labute approximate surface area is 121 Å². The van der Waals surface area contributed by atoms with Crippen molar-refractivity contribution in [3.8, 4) is 11.8 Å². The third-order valence-corrected chi connectivity index (χ3v) is 4.18. The van der Waals surface area contributed by atoms with E-state index in [9.17, 15) is 5.26 Å². The summed E-state index contributed by atoms with van der Waals surface area (Å²) in [5, 5.41) is 12.4. The van der Waals surface area contributed by atoms with E-state index in [4.69, 9.17) is 4.74 Å². The number of nitriles is 1. The number of hydrogen-bond acceptors (Lipinski definition) is 3. The van der Waals surface area contributed by atoms with Gasteiger partial charge in [0.25, 0.3) is 0 Å². The number of rotatable bonds is 3. The second-order valence-corrected chi connectivity index (χ2v) is 6.70. The van der Waals surface area contributed by atoms with Crippen molar-refractivity contribution in [1.29, 1.82) is 5.26 Å². The fourth-order valence-electron chi connectivity index (χ4n) is 2.71. The first-order chi connectivity index (χ1) is 9.38. The smallest absolute Gasteiger partial charge is 0.119 e. The SMILES string of the molecule is CNC1(C#N)CCC(Oc2ccc(C(C)(C)C)cc2)C1. The van der Waals surface area contributed by atoms with E-state index < -0.39 is 5.54 Å². The zero-order chi connectivity index (χ0) is 14.8. The maximum atomic E-state index is 9.26. The van der Waals surface area contributed by atoms with Crippen LogP contribution in [0.15, 0.2) is 24.3 Å². The van der Waals surface area contributed by atoms with Crippen LogP contribution in [-0.2, 0) is 5.41 Å². The number of benzene rings is 1. The van der Waals surface area contributed by atoms with E-state index in [1.165, 1.54) is 5.56 Å². The lowest BCUT2D eigenvalue weighted by Crippen LogP contribution is -2.39. The lowest BCUT2D eigenvalue weighted by Gasteiger charge is -2.21. The Bertz CT molecular complexity index is 495. The van der Waals surface area contributed by atoms with Gasteiger partial charge >= 0.3 is 0 Å². The molecule has 0 spiro atoms. The Morgan fingerprint density at radius 1 is 1.30 bits per heavy atom. The van der Waals surface area contributed by atoms with Gasteiger partial charge in [-0.05, 0) is 43.0 Å². The zero-order valence-corrected chi connectivity index (χ0v) is 12.9. The maximum Gasteiger partial charge on any atom is 0.119 e. The van der Waals surface area contributed by atoms with Crippen LogP contribution in [0.25, 0.3) is 0 Å². The van der Waals surface area contributed by atoms with E-state index in [2.05, 4.69) is 44.3 Å². The quantitative estimate of drug-likeness (QED) is 0.917. The minimum absolute atomic E-state index is 0.127. The Kier molecular flexibility index (Phi) is 4.06. The van der Waals surface area contributed by atoms with Gasteiger partial charge in [-0.1, -0.05) is 32.9 Å². The molecule has 2 atom stereocenters. The van der Waals surface area contributed by atoms with Gasteiger partial charge in [-0.2, -0.15) is 5.26 Å². The summed E-state index contributed by atoms with van der Waals surface area (Å²) < 4.78 is 6.01. The average Bonchev–Trinajstić information content (AvgIpc) is 2.82. The van der Waals surface area contributed by atoms with E-state index in [-0.39, 0.29) is 11.5 Å². The van der Waals surface area contributed by atoms with Gasteiger partial charge in [0.1, 0.15) is 17.4 Å². The predicted octanol–water partition coefficient (Wildman–Crippen LogP) is 3.40. The molecule has 1 N–H and O–H groups in total. The highest BCUT2D eigenvalue weighted by Crippen LogP contribution is 2.32. The van der Waals surface area contributed by atoms with Crippen LogP contribution in [0.3, 0.4) is 0 Å². The maximum absolute atomic E-state index is 9.26. The molecule has 2 unspecified atom stereocenters. The van der Waals surface area contributed by atoms with Crippen molar-refractivity contribution in [1.82, 2.24) is 5.32 Å². The molecular weight excluding hydrogens is 248 g/mol. The molecule has 1 fully saturated rings. The second kappa shape index (κ2) is 5.46. The van der Waals surface area contributed by atoms with Crippen LogP contribution < -0.4 is 10.1 Å². The van der Waals surface area contributed by atoms with Gasteiger partial charge < -0.3 is 10.1 Å². The molecule has 3 heteroatoms. The molecule has 0 amide bonds. The Morgan fingerprint density at radius 2 is 1.95 bits per heavy atom. The summed E-state index contributed by atoms with van der Waals surface area (Å²) in [6.07, 6.45) is 2.66. The molecule has 0 bridgehead atoms. The first-order valence-electron chi connectivity index (χ1n) is 7.26. The molecule has 0 aliphatic heterocycles. The molecule has 3 nitrogen and oxygen atoms in total. The molecular formula is C17H24N2O. The molecule has 2 rings (SSSR count). The van der Waals surface area contributed by atoms with Crippen molar-refractivity contribution in [2.75, 3.05) is 7.05 Å². The number of ether oxygens (including phenoxy) is 1. The fourth-order valence-corrected chi connectivity index (χ4v) is 2.71. The van der Waals surface area contributed by atoms with Crippen molar-refractivity contribution in [3.63, 3.8) is 0 Å². The molecule has 0 radical (unpaired) electrons. The normalized spacial score (nSPS) is 26.2. The molecule has 1 aliphatic rings. The van der Waals surface area contributed by atoms with Crippen molar-refractivity contribution in [2.24, 2.45) is 0 Å². The standard InChI is InChI=1S/C17H24N2O/c1-16(2,3)13-5-7-14(8-6-13)20-15-9-10-17(11-15,12-18)19-4/h5-8,15,19H,9-11H2,1-4H3. The van der Waals surface area contributed by atoms with E-state index in [0.29, 0.717) is 0 Å². The molecule has 1 saturated carbocycles. The van der Waals surface area contributed by atoms with Crippen LogP contribution in [0.1, 0.15) is 45.6 Å². The molecule has 1 aliphatic carbocycles. The molecule has 1 aromatic rings. The van der Waals surface area contributed by atoms with Gasteiger partial charge in [0.05, 0.1) is 6.07 Å². The van der Waals surface area contributed by atoms with Gasteiger partial charge in [0.2, 0.25) is 0 Å². The third-order valence-electron chi connectivity index (χ3n) is 4.18. The first-order valence-corrected chi connectivity index (χ1v) is 7.26. The van der Waals surface area contributed by atoms with Crippen LogP contribution in [0.5, 0.6) is 5.75 Å². The molecule has 108 valence electrons. The van der Waals surface area contributed by atoms with Gasteiger partial charge in [-0.25, -0.2) is 0 Å². The zero-order valence-electron chi connectivity index (χ0n) is 12.9. The number of nitrogens with zero attached hydrogens (tertiary/aromatic N) is 1. The van der Waals surface area contributed by atoms with Crippen LogP contribution >= 0.6 is 0 Å². The van der Waals surface area contributed by atoms with E-state index >= 15 is 0 Å². The van der Waals surface area contributed by atoms with Crippen molar-refractivity contribution in [2.45, 2.75) is 57.1 Å². The Morgan fingerprint density at radius 3 is 2.40 bits per heavy atom. The van der Waals surface area contributed by atoms with Crippen LogP contribution in [-0.4, -0.2) is 18.7 Å². The second-order valence-electron chi connectivity index (χ2n) is 6.70. The number of nitrogens with one attached hydrogen (secondary N) is 1. The number of hydrogen-bond donors (Lipinski definition) is 1. The van der Waals surface area contributed by atoms with Crippen LogP contribution in [0.4, 0.5) is 0 Å². The van der Waals surface area contributed by atoms with Gasteiger partial charge in [-0.3, -0.25) is 0 Å². The summed E-state index contributed by atoms with van der Waals surface area (Å²) >= 11 is 0. The highest BCUT2D eigenvalue weighted by molar-refractivity contribution is 5.31. The minimum Gasteiger partial charge on any atom is -0.490 e. The molecule has 0 heterocycles.